The van der Waals surface area contributed by atoms with E-state index in [0.717, 1.165) is 5.56 Å². The van der Waals surface area contributed by atoms with E-state index in [1.165, 1.54) is 0 Å². The van der Waals surface area contributed by atoms with Crippen molar-refractivity contribution in [1.29, 1.82) is 0 Å². The predicted octanol–water partition coefficient (Wildman–Crippen LogP) is 2.32. The van der Waals surface area contributed by atoms with E-state index in [1.54, 1.807) is 12.4 Å². The lowest BCUT2D eigenvalue weighted by Gasteiger charge is -2.30. The van der Waals surface area contributed by atoms with Crippen molar-refractivity contribution >= 4 is 11.9 Å². The van der Waals surface area contributed by atoms with Crippen LogP contribution in [0, 0.1) is 11.8 Å². The minimum atomic E-state index is -0.731. The van der Waals surface area contributed by atoms with Gasteiger partial charge in [-0.15, -0.1) is 0 Å². The fourth-order valence-corrected chi connectivity index (χ4v) is 2.90. The Balaban J connectivity index is 1.93. The summed E-state index contributed by atoms with van der Waals surface area (Å²) in [6.45, 7) is 3.23. The molecule has 5 heteroatoms. The highest BCUT2D eigenvalue weighted by Crippen LogP contribution is 2.30. The summed E-state index contributed by atoms with van der Waals surface area (Å²) >= 11 is 0. The molecule has 1 amide bonds. The summed E-state index contributed by atoms with van der Waals surface area (Å²) in [5.74, 6) is -0.880. The van der Waals surface area contributed by atoms with Crippen molar-refractivity contribution in [1.82, 2.24) is 9.88 Å². The van der Waals surface area contributed by atoms with Gasteiger partial charge in [-0.3, -0.25) is 14.6 Å². The monoisotopic (exact) mass is 290 g/mol. The van der Waals surface area contributed by atoms with Gasteiger partial charge in [0.1, 0.15) is 0 Å². The van der Waals surface area contributed by atoms with Gasteiger partial charge in [0.15, 0.2) is 0 Å². The zero-order valence-electron chi connectivity index (χ0n) is 12.4. The smallest absolute Gasteiger partial charge is 0.306 e. The number of nitrogens with zero attached hydrogens (tertiary/aromatic N) is 2. The van der Waals surface area contributed by atoms with Crippen molar-refractivity contribution in [3.8, 4) is 0 Å². The van der Waals surface area contributed by atoms with Gasteiger partial charge in [-0.1, -0.05) is 0 Å². The minimum Gasteiger partial charge on any atom is -0.481 e. The fourth-order valence-electron chi connectivity index (χ4n) is 2.90. The molecule has 21 heavy (non-hydrogen) atoms. The zero-order valence-corrected chi connectivity index (χ0v) is 12.4. The maximum atomic E-state index is 12.6. The summed E-state index contributed by atoms with van der Waals surface area (Å²) in [4.78, 5) is 29.4. The van der Waals surface area contributed by atoms with Gasteiger partial charge in [0, 0.05) is 31.4 Å². The summed E-state index contributed by atoms with van der Waals surface area (Å²) in [6.07, 6.45) is 6.04. The number of pyridine rings is 1. The lowest BCUT2D eigenvalue weighted by atomic mass is 9.81. The van der Waals surface area contributed by atoms with Crippen LogP contribution in [0.15, 0.2) is 24.5 Å². The van der Waals surface area contributed by atoms with Gasteiger partial charge < -0.3 is 10.0 Å². The first-order chi connectivity index (χ1) is 10.1. The number of aromatic nitrogens is 1. The molecular weight excluding hydrogens is 268 g/mol. The van der Waals surface area contributed by atoms with Crippen LogP contribution in [0.2, 0.25) is 0 Å². The number of amides is 1. The Kier molecular flexibility index (Phi) is 5.31. The third kappa shape index (κ3) is 4.03. The molecule has 114 valence electrons. The molecule has 1 saturated carbocycles. The van der Waals surface area contributed by atoms with E-state index >= 15 is 0 Å². The number of rotatable bonds is 5. The summed E-state index contributed by atoms with van der Waals surface area (Å²) in [7, 11) is 0. The van der Waals surface area contributed by atoms with E-state index in [2.05, 4.69) is 4.98 Å². The highest BCUT2D eigenvalue weighted by Gasteiger charge is 2.31. The molecule has 5 nitrogen and oxygen atoms in total. The van der Waals surface area contributed by atoms with Crippen molar-refractivity contribution in [2.75, 3.05) is 6.54 Å². The second-order valence-corrected chi connectivity index (χ2v) is 5.59. The van der Waals surface area contributed by atoms with Crippen molar-refractivity contribution in [2.24, 2.45) is 11.8 Å². The third-order valence-corrected chi connectivity index (χ3v) is 4.24. The first-order valence-electron chi connectivity index (χ1n) is 7.52. The predicted molar refractivity (Wildman–Crippen MR) is 78.4 cm³/mol. The van der Waals surface area contributed by atoms with Crippen LogP contribution in [0.25, 0.3) is 0 Å². The van der Waals surface area contributed by atoms with Crippen molar-refractivity contribution in [3.63, 3.8) is 0 Å². The number of carbonyl (C=O) groups is 2. The van der Waals surface area contributed by atoms with E-state index in [0.29, 0.717) is 38.8 Å². The molecule has 0 bridgehead atoms. The summed E-state index contributed by atoms with van der Waals surface area (Å²) in [5.41, 5.74) is 1.07. The average molecular weight is 290 g/mol. The number of carboxylic acids is 1. The van der Waals surface area contributed by atoms with Gasteiger partial charge in [0.25, 0.3) is 0 Å². The van der Waals surface area contributed by atoms with E-state index in [9.17, 15) is 9.59 Å². The fraction of sp³-hybridized carbons (Fsp3) is 0.562. The van der Waals surface area contributed by atoms with Crippen LogP contribution in [0.3, 0.4) is 0 Å². The summed E-state index contributed by atoms with van der Waals surface area (Å²) in [5, 5.41) is 9.01. The lowest BCUT2D eigenvalue weighted by Crippen LogP contribution is -2.37. The Morgan fingerprint density at radius 3 is 2.29 bits per heavy atom. The average Bonchev–Trinajstić information content (AvgIpc) is 2.53. The number of carboxylic acid groups (broad SMARTS) is 1. The maximum absolute atomic E-state index is 12.6. The zero-order chi connectivity index (χ0) is 15.2. The quantitative estimate of drug-likeness (QED) is 0.903. The van der Waals surface area contributed by atoms with Crippen molar-refractivity contribution < 1.29 is 14.7 Å². The van der Waals surface area contributed by atoms with Gasteiger partial charge >= 0.3 is 5.97 Å². The highest BCUT2D eigenvalue weighted by molar-refractivity contribution is 5.79. The SMILES string of the molecule is CCN(Cc1ccncc1)C(=O)C1CCC(C(=O)O)CC1. The standard InChI is InChI=1S/C16H22N2O3/c1-2-18(11-12-7-9-17-10-8-12)15(19)13-3-5-14(6-4-13)16(20)21/h7-10,13-14H,2-6,11H2,1H3,(H,20,21). The first kappa shape index (κ1) is 15.5. The normalized spacial score (nSPS) is 21.8. The van der Waals surface area contributed by atoms with Crippen LogP contribution in [0.4, 0.5) is 0 Å². The topological polar surface area (TPSA) is 70.5 Å². The molecule has 0 aliphatic heterocycles. The van der Waals surface area contributed by atoms with Gasteiger partial charge in [-0.05, 0) is 50.3 Å². The van der Waals surface area contributed by atoms with Crippen LogP contribution in [0.1, 0.15) is 38.2 Å². The largest absolute Gasteiger partial charge is 0.481 e. The van der Waals surface area contributed by atoms with Crippen molar-refractivity contribution in [3.05, 3.63) is 30.1 Å². The molecule has 1 aliphatic carbocycles. The molecule has 1 N–H and O–H groups in total. The molecule has 0 spiro atoms. The first-order valence-corrected chi connectivity index (χ1v) is 7.52. The van der Waals surface area contributed by atoms with Gasteiger partial charge in [0.2, 0.25) is 5.91 Å². The van der Waals surface area contributed by atoms with Crippen molar-refractivity contribution in [2.45, 2.75) is 39.2 Å². The molecule has 0 unspecified atom stereocenters. The van der Waals surface area contributed by atoms with E-state index in [1.807, 2.05) is 24.0 Å². The molecule has 0 atom stereocenters. The Bertz CT molecular complexity index is 482. The molecule has 0 saturated heterocycles. The van der Waals surface area contributed by atoms with Crippen LogP contribution in [0.5, 0.6) is 0 Å². The van der Waals surface area contributed by atoms with Crippen LogP contribution >= 0.6 is 0 Å². The lowest BCUT2D eigenvalue weighted by molar-refractivity contribution is -0.145. The Morgan fingerprint density at radius 1 is 1.19 bits per heavy atom. The van der Waals surface area contributed by atoms with E-state index < -0.39 is 5.97 Å². The van der Waals surface area contributed by atoms with Gasteiger partial charge in [0.05, 0.1) is 5.92 Å². The van der Waals surface area contributed by atoms with Crippen LogP contribution < -0.4 is 0 Å². The molecule has 0 aromatic carbocycles. The van der Waals surface area contributed by atoms with E-state index in [4.69, 9.17) is 5.11 Å². The Hall–Kier alpha value is -1.91. The second kappa shape index (κ2) is 7.20. The Labute approximate surface area is 125 Å². The Morgan fingerprint density at radius 2 is 1.76 bits per heavy atom. The third-order valence-electron chi connectivity index (χ3n) is 4.24. The minimum absolute atomic E-state index is 0.0256. The molecule has 1 aliphatic rings. The molecule has 1 heterocycles. The molecule has 1 aromatic rings. The van der Waals surface area contributed by atoms with Gasteiger partial charge in [-0.25, -0.2) is 0 Å². The summed E-state index contributed by atoms with van der Waals surface area (Å²) in [6, 6.07) is 3.83. The molecule has 0 radical (unpaired) electrons. The van der Waals surface area contributed by atoms with E-state index in [-0.39, 0.29) is 17.7 Å². The number of hydrogen-bond donors (Lipinski definition) is 1. The molecule has 1 aromatic heterocycles. The summed E-state index contributed by atoms with van der Waals surface area (Å²) < 4.78 is 0. The maximum Gasteiger partial charge on any atom is 0.306 e. The van der Waals surface area contributed by atoms with Gasteiger partial charge in [-0.2, -0.15) is 0 Å². The number of hydrogen-bond acceptors (Lipinski definition) is 3. The molecule has 1 fully saturated rings. The number of aliphatic carboxylic acids is 1. The van der Waals surface area contributed by atoms with Crippen LogP contribution in [-0.4, -0.2) is 33.4 Å². The number of carbonyl (C=O) groups excluding carboxylic acids is 1. The van der Waals surface area contributed by atoms with Crippen LogP contribution in [-0.2, 0) is 16.1 Å². The molecular formula is C16H22N2O3. The second-order valence-electron chi connectivity index (χ2n) is 5.59. The highest BCUT2D eigenvalue weighted by atomic mass is 16.4. The molecule has 2 rings (SSSR count).